The molecule has 0 radical (unpaired) electrons. The van der Waals surface area contributed by atoms with Crippen LogP contribution in [0.5, 0.6) is 11.5 Å². The Morgan fingerprint density at radius 2 is 2.00 bits per heavy atom. The van der Waals surface area contributed by atoms with Crippen LogP contribution in [0, 0.1) is 0 Å². The number of rotatable bonds is 7. The molecule has 0 unspecified atom stereocenters. The lowest BCUT2D eigenvalue weighted by molar-refractivity contribution is 0.0793. The summed E-state index contributed by atoms with van der Waals surface area (Å²) < 4.78 is 10.9. The van der Waals surface area contributed by atoms with Gasteiger partial charge in [-0.05, 0) is 38.5 Å². The van der Waals surface area contributed by atoms with Gasteiger partial charge >= 0.3 is 0 Å². The summed E-state index contributed by atoms with van der Waals surface area (Å²) in [5.41, 5.74) is 0.622. The van der Waals surface area contributed by atoms with E-state index in [-0.39, 0.29) is 12.0 Å². The van der Waals surface area contributed by atoms with Crippen LogP contribution in [0.25, 0.3) is 0 Å². The molecule has 20 heavy (non-hydrogen) atoms. The largest absolute Gasteiger partial charge is 0.493 e. The number of unbranched alkanes of at least 4 members (excludes halogenated alkanes) is 1. The molecule has 0 saturated carbocycles. The first-order chi connectivity index (χ1) is 9.49. The maximum atomic E-state index is 12.3. The van der Waals surface area contributed by atoms with Crippen molar-refractivity contribution in [3.8, 4) is 11.5 Å². The summed E-state index contributed by atoms with van der Waals surface area (Å²) in [5.74, 6) is 1.26. The Balaban J connectivity index is 2.88. The molecule has 0 atom stereocenters. The minimum atomic E-state index is 0.00727. The number of hydrogen-bond acceptors (Lipinski definition) is 3. The summed E-state index contributed by atoms with van der Waals surface area (Å²) in [6.07, 6.45) is 2.15. The highest BCUT2D eigenvalue weighted by Crippen LogP contribution is 2.29. The number of carbonyl (C=O) groups is 1. The Morgan fingerprint density at radius 1 is 1.30 bits per heavy atom. The number of hydrogen-bond donors (Lipinski definition) is 0. The number of nitrogens with zero attached hydrogens (tertiary/aromatic N) is 1. The van der Waals surface area contributed by atoms with Gasteiger partial charge in [0.1, 0.15) is 0 Å². The molecule has 0 aliphatic heterocycles. The van der Waals surface area contributed by atoms with E-state index < -0.39 is 0 Å². The van der Waals surface area contributed by atoms with Crippen molar-refractivity contribution in [2.24, 2.45) is 0 Å². The van der Waals surface area contributed by atoms with E-state index in [0.29, 0.717) is 17.1 Å². The predicted octanol–water partition coefficient (Wildman–Crippen LogP) is 3.35. The lowest BCUT2D eigenvalue weighted by atomic mass is 10.1. The molecule has 1 aromatic rings. The summed E-state index contributed by atoms with van der Waals surface area (Å²) in [6, 6.07) is 5.31. The van der Waals surface area contributed by atoms with Gasteiger partial charge in [0.05, 0.1) is 13.2 Å². The summed E-state index contributed by atoms with van der Waals surface area (Å²) in [5, 5.41) is 0. The van der Waals surface area contributed by atoms with E-state index in [9.17, 15) is 4.79 Å². The Kier molecular flexibility index (Phi) is 6.36. The fourth-order valence-corrected chi connectivity index (χ4v) is 1.87. The number of methoxy groups -OCH3 is 1. The average Bonchev–Trinajstić information content (AvgIpc) is 2.43. The third-order valence-corrected chi connectivity index (χ3v) is 2.97. The Labute approximate surface area is 121 Å². The minimum Gasteiger partial charge on any atom is -0.493 e. The number of ether oxygens (including phenoxy) is 2. The van der Waals surface area contributed by atoms with Crippen molar-refractivity contribution in [2.45, 2.75) is 39.7 Å². The van der Waals surface area contributed by atoms with Crippen LogP contribution in [0.4, 0.5) is 0 Å². The number of amides is 1. The fourth-order valence-electron chi connectivity index (χ4n) is 1.87. The highest BCUT2D eigenvalue weighted by Gasteiger charge is 2.15. The van der Waals surface area contributed by atoms with Gasteiger partial charge in [-0.15, -0.1) is 0 Å². The molecule has 0 N–H and O–H groups in total. The first-order valence-corrected chi connectivity index (χ1v) is 7.09. The number of carbonyl (C=O) groups excluding carboxylic acids is 1. The molecule has 0 heterocycles. The van der Waals surface area contributed by atoms with Crippen molar-refractivity contribution >= 4 is 5.91 Å². The molecule has 0 aromatic heterocycles. The van der Waals surface area contributed by atoms with Crippen LogP contribution in [0.2, 0.25) is 0 Å². The maximum absolute atomic E-state index is 12.3. The van der Waals surface area contributed by atoms with Crippen LogP contribution in [-0.4, -0.2) is 37.6 Å². The van der Waals surface area contributed by atoms with Gasteiger partial charge in [0.15, 0.2) is 11.5 Å². The lowest BCUT2D eigenvalue weighted by Crippen LogP contribution is -2.27. The second kappa shape index (κ2) is 7.78. The van der Waals surface area contributed by atoms with Crippen LogP contribution in [0.15, 0.2) is 18.2 Å². The molecule has 1 rings (SSSR count). The number of benzene rings is 1. The monoisotopic (exact) mass is 279 g/mol. The van der Waals surface area contributed by atoms with Crippen LogP contribution >= 0.6 is 0 Å². The van der Waals surface area contributed by atoms with E-state index in [1.54, 1.807) is 30.2 Å². The van der Waals surface area contributed by atoms with Gasteiger partial charge in [-0.3, -0.25) is 4.79 Å². The molecule has 0 bridgehead atoms. The topological polar surface area (TPSA) is 38.8 Å². The molecule has 112 valence electrons. The molecule has 0 fully saturated rings. The van der Waals surface area contributed by atoms with Crippen LogP contribution < -0.4 is 9.47 Å². The third kappa shape index (κ3) is 4.44. The summed E-state index contributed by atoms with van der Waals surface area (Å²) in [4.78, 5) is 14.0. The van der Waals surface area contributed by atoms with Crippen molar-refractivity contribution in [3.05, 3.63) is 23.8 Å². The van der Waals surface area contributed by atoms with Crippen LogP contribution in [0.1, 0.15) is 44.0 Å². The second-order valence-electron chi connectivity index (χ2n) is 5.11. The van der Waals surface area contributed by atoms with Gasteiger partial charge < -0.3 is 14.4 Å². The van der Waals surface area contributed by atoms with Gasteiger partial charge in [-0.1, -0.05) is 13.3 Å². The highest BCUT2D eigenvalue weighted by atomic mass is 16.5. The van der Waals surface area contributed by atoms with Crippen molar-refractivity contribution in [2.75, 3.05) is 20.7 Å². The fraction of sp³-hybridized carbons (Fsp3) is 0.562. The van der Waals surface area contributed by atoms with Gasteiger partial charge in [0.2, 0.25) is 0 Å². The SMILES string of the molecule is CCCCN(C)C(=O)c1ccc(OC(C)C)c(OC)c1. The molecular weight excluding hydrogens is 254 g/mol. The predicted molar refractivity (Wildman–Crippen MR) is 80.6 cm³/mol. The van der Waals surface area contributed by atoms with Crippen molar-refractivity contribution in [1.29, 1.82) is 0 Å². The standard InChI is InChI=1S/C16H25NO3/c1-6-7-10-17(4)16(18)13-8-9-14(20-12(2)3)15(11-13)19-5/h8-9,11-12H,6-7,10H2,1-5H3. The Bertz CT molecular complexity index is 443. The van der Waals surface area contributed by atoms with E-state index in [2.05, 4.69) is 6.92 Å². The summed E-state index contributed by atoms with van der Waals surface area (Å²) in [7, 11) is 3.40. The highest BCUT2D eigenvalue weighted by molar-refractivity contribution is 5.94. The smallest absolute Gasteiger partial charge is 0.253 e. The zero-order valence-electron chi connectivity index (χ0n) is 13.1. The summed E-state index contributed by atoms with van der Waals surface area (Å²) in [6.45, 7) is 6.79. The van der Waals surface area contributed by atoms with Crippen molar-refractivity contribution in [3.63, 3.8) is 0 Å². The van der Waals surface area contributed by atoms with E-state index in [1.807, 2.05) is 20.9 Å². The Morgan fingerprint density at radius 3 is 2.55 bits per heavy atom. The van der Waals surface area contributed by atoms with Gasteiger partial charge in [0.25, 0.3) is 5.91 Å². The molecule has 4 nitrogen and oxygen atoms in total. The van der Waals surface area contributed by atoms with Gasteiger partial charge in [-0.25, -0.2) is 0 Å². The molecule has 0 aliphatic rings. The van der Waals surface area contributed by atoms with Crippen LogP contribution in [0.3, 0.4) is 0 Å². The molecule has 1 aromatic carbocycles. The van der Waals surface area contributed by atoms with Gasteiger partial charge in [0, 0.05) is 19.2 Å². The molecule has 0 aliphatic carbocycles. The second-order valence-corrected chi connectivity index (χ2v) is 5.11. The zero-order chi connectivity index (χ0) is 15.1. The first kappa shape index (κ1) is 16.3. The van der Waals surface area contributed by atoms with Crippen LogP contribution in [-0.2, 0) is 0 Å². The van der Waals surface area contributed by atoms with Crippen molar-refractivity contribution < 1.29 is 14.3 Å². The summed E-state index contributed by atoms with van der Waals surface area (Å²) >= 11 is 0. The molecule has 0 saturated heterocycles. The molecular formula is C16H25NO3. The Hall–Kier alpha value is -1.71. The zero-order valence-corrected chi connectivity index (χ0v) is 13.1. The van der Waals surface area contributed by atoms with Crippen molar-refractivity contribution in [1.82, 2.24) is 4.90 Å². The average molecular weight is 279 g/mol. The van der Waals surface area contributed by atoms with E-state index >= 15 is 0 Å². The maximum Gasteiger partial charge on any atom is 0.253 e. The first-order valence-electron chi connectivity index (χ1n) is 7.09. The van der Waals surface area contributed by atoms with E-state index in [4.69, 9.17) is 9.47 Å². The normalized spacial score (nSPS) is 10.5. The van der Waals surface area contributed by atoms with Gasteiger partial charge in [-0.2, -0.15) is 0 Å². The third-order valence-electron chi connectivity index (χ3n) is 2.97. The molecule has 1 amide bonds. The molecule has 0 spiro atoms. The van der Waals surface area contributed by atoms with E-state index in [0.717, 1.165) is 19.4 Å². The molecule has 4 heteroatoms. The minimum absolute atomic E-state index is 0.00727. The lowest BCUT2D eigenvalue weighted by Gasteiger charge is -2.18. The van der Waals surface area contributed by atoms with E-state index in [1.165, 1.54) is 0 Å². The quantitative estimate of drug-likeness (QED) is 0.768.